The van der Waals surface area contributed by atoms with Crippen LogP contribution in [0.25, 0.3) is 0 Å². The minimum Gasteiger partial charge on any atom is -0.383 e. The van der Waals surface area contributed by atoms with Gasteiger partial charge in [-0.15, -0.1) is 0 Å². The highest BCUT2D eigenvalue weighted by molar-refractivity contribution is 4.91. The molecule has 0 aromatic carbocycles. The lowest BCUT2D eigenvalue weighted by Gasteiger charge is -2.27. The SMILES string of the molecule is COCCN(CCC(C#N)NC(C)C)C(C)C. The summed E-state index contributed by atoms with van der Waals surface area (Å²) in [7, 11) is 1.72. The summed E-state index contributed by atoms with van der Waals surface area (Å²) in [5, 5.41) is 12.3. The van der Waals surface area contributed by atoms with Crippen molar-refractivity contribution in [1.29, 1.82) is 5.26 Å². The molecule has 0 amide bonds. The zero-order chi connectivity index (χ0) is 13.3. The summed E-state index contributed by atoms with van der Waals surface area (Å²) in [4.78, 5) is 2.34. The van der Waals surface area contributed by atoms with E-state index < -0.39 is 0 Å². The van der Waals surface area contributed by atoms with Gasteiger partial charge in [-0.2, -0.15) is 5.26 Å². The van der Waals surface area contributed by atoms with E-state index in [2.05, 4.69) is 44.0 Å². The zero-order valence-electron chi connectivity index (χ0n) is 11.9. The van der Waals surface area contributed by atoms with Crippen molar-refractivity contribution in [2.24, 2.45) is 0 Å². The van der Waals surface area contributed by atoms with Crippen LogP contribution < -0.4 is 5.32 Å². The van der Waals surface area contributed by atoms with Gasteiger partial charge in [-0.1, -0.05) is 0 Å². The van der Waals surface area contributed by atoms with Crippen LogP contribution in [0.1, 0.15) is 34.1 Å². The topological polar surface area (TPSA) is 48.3 Å². The summed E-state index contributed by atoms with van der Waals surface area (Å²) in [6, 6.07) is 3.10. The molecule has 0 saturated heterocycles. The van der Waals surface area contributed by atoms with Crippen LogP contribution in [0.5, 0.6) is 0 Å². The molecule has 1 N–H and O–H groups in total. The van der Waals surface area contributed by atoms with E-state index in [-0.39, 0.29) is 6.04 Å². The summed E-state index contributed by atoms with van der Waals surface area (Å²) < 4.78 is 5.10. The van der Waals surface area contributed by atoms with Gasteiger partial charge in [-0.25, -0.2) is 0 Å². The average Bonchev–Trinajstić information content (AvgIpc) is 2.26. The van der Waals surface area contributed by atoms with Crippen LogP contribution in [0.15, 0.2) is 0 Å². The molecule has 0 rings (SSSR count). The van der Waals surface area contributed by atoms with Crippen molar-refractivity contribution in [1.82, 2.24) is 10.2 Å². The molecule has 1 unspecified atom stereocenters. The molecule has 0 saturated carbocycles. The molecule has 17 heavy (non-hydrogen) atoms. The van der Waals surface area contributed by atoms with Crippen LogP contribution in [0.2, 0.25) is 0 Å². The molecule has 0 spiro atoms. The molecule has 0 fully saturated rings. The molecule has 0 aliphatic heterocycles. The average molecular weight is 241 g/mol. The summed E-state index contributed by atoms with van der Waals surface area (Å²) in [5.74, 6) is 0. The molecule has 1 atom stereocenters. The highest BCUT2D eigenvalue weighted by atomic mass is 16.5. The number of hydrogen-bond donors (Lipinski definition) is 1. The molecule has 0 bridgehead atoms. The first-order chi connectivity index (χ1) is 8.01. The van der Waals surface area contributed by atoms with E-state index in [4.69, 9.17) is 10.00 Å². The van der Waals surface area contributed by atoms with E-state index in [0.717, 1.165) is 26.1 Å². The van der Waals surface area contributed by atoms with Gasteiger partial charge in [0, 0.05) is 32.3 Å². The molecule has 0 aliphatic rings. The quantitative estimate of drug-likeness (QED) is 0.666. The Morgan fingerprint density at radius 1 is 1.24 bits per heavy atom. The van der Waals surface area contributed by atoms with E-state index >= 15 is 0 Å². The van der Waals surface area contributed by atoms with E-state index in [1.54, 1.807) is 7.11 Å². The molecule has 0 heterocycles. The fourth-order valence-corrected chi connectivity index (χ4v) is 1.72. The maximum absolute atomic E-state index is 9.05. The Hall–Kier alpha value is -0.630. The van der Waals surface area contributed by atoms with Gasteiger partial charge in [-0.05, 0) is 34.1 Å². The van der Waals surface area contributed by atoms with Gasteiger partial charge < -0.3 is 4.74 Å². The molecule has 4 heteroatoms. The third-order valence-corrected chi connectivity index (χ3v) is 2.71. The Labute approximate surface area is 106 Å². The molecule has 100 valence electrons. The van der Waals surface area contributed by atoms with E-state index in [9.17, 15) is 0 Å². The van der Waals surface area contributed by atoms with Crippen molar-refractivity contribution in [2.75, 3.05) is 26.8 Å². The molecule has 0 aromatic heterocycles. The predicted molar refractivity (Wildman–Crippen MR) is 70.9 cm³/mol. The Morgan fingerprint density at radius 3 is 2.29 bits per heavy atom. The van der Waals surface area contributed by atoms with Crippen LogP contribution in [-0.2, 0) is 4.74 Å². The number of ether oxygens (including phenoxy) is 1. The van der Waals surface area contributed by atoms with Gasteiger partial charge in [0.05, 0.1) is 18.7 Å². The minimum absolute atomic E-state index is 0.0567. The van der Waals surface area contributed by atoms with Crippen LogP contribution in [-0.4, -0.2) is 49.8 Å². The van der Waals surface area contributed by atoms with Crippen molar-refractivity contribution in [2.45, 2.75) is 52.2 Å². The lowest BCUT2D eigenvalue weighted by molar-refractivity contribution is 0.127. The number of methoxy groups -OCH3 is 1. The van der Waals surface area contributed by atoms with E-state index in [1.807, 2.05) is 0 Å². The van der Waals surface area contributed by atoms with Crippen LogP contribution >= 0.6 is 0 Å². The summed E-state index contributed by atoms with van der Waals surface area (Å²) in [6.07, 6.45) is 0.858. The molecular formula is C13H27N3O. The number of hydrogen-bond acceptors (Lipinski definition) is 4. The van der Waals surface area contributed by atoms with Gasteiger partial charge in [0.1, 0.15) is 0 Å². The van der Waals surface area contributed by atoms with Crippen LogP contribution in [0, 0.1) is 11.3 Å². The van der Waals surface area contributed by atoms with Crippen molar-refractivity contribution in [3.8, 4) is 6.07 Å². The highest BCUT2D eigenvalue weighted by Gasteiger charge is 2.13. The molecule has 4 nitrogen and oxygen atoms in total. The first-order valence-corrected chi connectivity index (χ1v) is 6.39. The molecule has 0 aliphatic carbocycles. The second kappa shape index (κ2) is 9.41. The molecular weight excluding hydrogens is 214 g/mol. The Bertz CT molecular complexity index is 223. The number of nitrogens with zero attached hydrogens (tertiary/aromatic N) is 2. The smallest absolute Gasteiger partial charge is 0.0967 e. The zero-order valence-corrected chi connectivity index (χ0v) is 11.9. The van der Waals surface area contributed by atoms with Gasteiger partial charge in [0.15, 0.2) is 0 Å². The van der Waals surface area contributed by atoms with Crippen LogP contribution in [0.3, 0.4) is 0 Å². The third kappa shape index (κ3) is 8.14. The van der Waals surface area contributed by atoms with Crippen LogP contribution in [0.4, 0.5) is 0 Å². The third-order valence-electron chi connectivity index (χ3n) is 2.71. The monoisotopic (exact) mass is 241 g/mol. The van der Waals surface area contributed by atoms with E-state index in [0.29, 0.717) is 12.1 Å². The minimum atomic E-state index is -0.0567. The number of nitrogens with one attached hydrogen (secondary N) is 1. The lowest BCUT2D eigenvalue weighted by atomic mass is 10.2. The molecule has 0 aromatic rings. The Kier molecular flexibility index (Phi) is 9.06. The fourth-order valence-electron chi connectivity index (χ4n) is 1.72. The first kappa shape index (κ1) is 16.4. The van der Waals surface area contributed by atoms with Gasteiger partial charge in [0.2, 0.25) is 0 Å². The van der Waals surface area contributed by atoms with Gasteiger partial charge in [0.25, 0.3) is 0 Å². The largest absolute Gasteiger partial charge is 0.383 e. The maximum atomic E-state index is 9.05. The maximum Gasteiger partial charge on any atom is 0.0967 e. The van der Waals surface area contributed by atoms with Crippen molar-refractivity contribution >= 4 is 0 Å². The number of rotatable bonds is 9. The number of nitriles is 1. The second-order valence-electron chi connectivity index (χ2n) is 4.91. The highest BCUT2D eigenvalue weighted by Crippen LogP contribution is 2.02. The van der Waals surface area contributed by atoms with Gasteiger partial charge >= 0.3 is 0 Å². The Morgan fingerprint density at radius 2 is 1.88 bits per heavy atom. The van der Waals surface area contributed by atoms with E-state index in [1.165, 1.54) is 0 Å². The van der Waals surface area contributed by atoms with Crippen molar-refractivity contribution < 1.29 is 4.74 Å². The standard InChI is InChI=1S/C13H27N3O/c1-11(2)15-13(10-14)6-7-16(12(3)4)8-9-17-5/h11-13,15H,6-9H2,1-5H3. The lowest BCUT2D eigenvalue weighted by Crippen LogP contribution is -2.40. The summed E-state index contributed by atoms with van der Waals surface area (Å²) in [6.45, 7) is 11.1. The van der Waals surface area contributed by atoms with Crippen molar-refractivity contribution in [3.63, 3.8) is 0 Å². The summed E-state index contributed by atoms with van der Waals surface area (Å²) >= 11 is 0. The fraction of sp³-hybridized carbons (Fsp3) is 0.923. The Balaban J connectivity index is 4.05. The van der Waals surface area contributed by atoms with Gasteiger partial charge in [-0.3, -0.25) is 10.2 Å². The van der Waals surface area contributed by atoms with Crippen molar-refractivity contribution in [3.05, 3.63) is 0 Å². The molecule has 0 radical (unpaired) electrons. The normalized spacial score (nSPS) is 13.4. The summed E-state index contributed by atoms with van der Waals surface area (Å²) in [5.41, 5.74) is 0. The predicted octanol–water partition coefficient (Wildman–Crippen LogP) is 1.62. The second-order valence-corrected chi connectivity index (χ2v) is 4.91. The first-order valence-electron chi connectivity index (χ1n) is 6.39.